The number of amides is 2. The maximum atomic E-state index is 14.8. The Labute approximate surface area is 256 Å². The molecule has 44 heavy (non-hydrogen) atoms. The lowest BCUT2D eigenvalue weighted by molar-refractivity contribution is -0.125. The van der Waals surface area contributed by atoms with Crippen LogP contribution in [0, 0.1) is 11.3 Å². The summed E-state index contributed by atoms with van der Waals surface area (Å²) in [5.74, 6) is -1.03. The molecule has 1 saturated heterocycles. The van der Waals surface area contributed by atoms with Gasteiger partial charge in [0.25, 0.3) is 0 Å². The average molecular weight is 610 g/mol. The van der Waals surface area contributed by atoms with Crippen molar-refractivity contribution in [3.63, 3.8) is 0 Å². The van der Waals surface area contributed by atoms with Gasteiger partial charge >= 0.3 is 13.7 Å². The van der Waals surface area contributed by atoms with Crippen molar-refractivity contribution >= 4 is 19.6 Å². The van der Waals surface area contributed by atoms with E-state index < -0.39 is 31.4 Å². The maximum absolute atomic E-state index is 14.8. The molecule has 0 aromatic heterocycles. The molecule has 0 spiro atoms. The Bertz CT molecular complexity index is 1580. The first kappa shape index (κ1) is 30.4. The van der Waals surface area contributed by atoms with Gasteiger partial charge in [-0.25, -0.2) is 9.36 Å². The highest BCUT2D eigenvalue weighted by Crippen LogP contribution is 2.53. The third-order valence-electron chi connectivity index (χ3n) is 7.15. The lowest BCUT2D eigenvalue weighted by atomic mass is 10.1. The Morgan fingerprint density at radius 2 is 1.41 bits per heavy atom. The molecule has 4 aromatic rings. The maximum Gasteiger partial charge on any atom is 0.453 e. The molecule has 1 N–H and O–H groups in total. The number of hydrogen-bond donors (Lipinski definition) is 1. The number of benzene rings is 4. The Morgan fingerprint density at radius 3 is 1.98 bits per heavy atom. The average Bonchev–Trinajstić information content (AvgIpc) is 3.56. The van der Waals surface area contributed by atoms with Crippen molar-refractivity contribution in [1.82, 2.24) is 10.2 Å². The molecule has 0 radical (unpaired) electrons. The molecule has 4 aromatic carbocycles. The first-order chi connectivity index (χ1) is 21.4. The second-order valence-electron chi connectivity index (χ2n) is 10.3. The van der Waals surface area contributed by atoms with E-state index in [1.165, 1.54) is 4.90 Å². The van der Waals surface area contributed by atoms with Gasteiger partial charge in [0.2, 0.25) is 5.91 Å². The van der Waals surface area contributed by atoms with E-state index in [1.807, 2.05) is 30.3 Å². The second-order valence-corrected chi connectivity index (χ2v) is 12.3. The molecule has 0 saturated carbocycles. The van der Waals surface area contributed by atoms with Crippen LogP contribution < -0.4 is 14.4 Å². The van der Waals surface area contributed by atoms with Gasteiger partial charge in [-0.15, -0.1) is 0 Å². The monoisotopic (exact) mass is 609 g/mol. The number of carbonyl (C=O) groups excluding carboxylic acids is 2. The number of nitriles is 1. The van der Waals surface area contributed by atoms with Gasteiger partial charge in [0.05, 0.1) is 11.6 Å². The van der Waals surface area contributed by atoms with Gasteiger partial charge in [0, 0.05) is 13.0 Å². The van der Waals surface area contributed by atoms with Crippen LogP contribution in [0.5, 0.6) is 11.5 Å². The number of hydrogen-bond acceptors (Lipinski definition) is 7. The summed E-state index contributed by atoms with van der Waals surface area (Å²) in [6.45, 7) is 0.432. The number of nitrogens with one attached hydrogen (secondary N) is 1. The molecule has 1 unspecified atom stereocenters. The minimum Gasteiger partial charge on any atom is -0.445 e. The SMILES string of the molecule is N#Cc1ccc(CC(NC(=O)[C@@H]2CCCN2C(=O)OCc2ccccc2)P(=O)(Oc2ccccc2)Oc2ccccc2)cc1. The molecule has 1 heterocycles. The fraction of sp³-hybridized carbons (Fsp3) is 0.206. The van der Waals surface area contributed by atoms with Crippen molar-refractivity contribution < 1.29 is 27.9 Å². The number of nitrogens with zero attached hydrogens (tertiary/aromatic N) is 2. The van der Waals surface area contributed by atoms with Crippen molar-refractivity contribution in [2.75, 3.05) is 6.54 Å². The highest BCUT2D eigenvalue weighted by atomic mass is 31.2. The van der Waals surface area contributed by atoms with E-state index in [2.05, 4.69) is 11.4 Å². The standard InChI is InChI=1S/C34H32N3O6P/c35-24-27-20-18-26(19-21-27)23-32(44(40,42-29-13-6-2-7-14-29)43-30-15-8-3-9-16-30)36-33(38)31-17-10-22-37(31)34(39)41-25-28-11-4-1-5-12-28/h1-9,11-16,18-21,31-32H,10,17,22-23,25H2,(H,36,38)/t31-,32?/m0/s1. The van der Waals surface area contributed by atoms with E-state index in [0.717, 1.165) is 5.56 Å². The van der Waals surface area contributed by atoms with Crippen molar-refractivity contribution in [3.05, 3.63) is 132 Å². The van der Waals surface area contributed by atoms with Crippen LogP contribution in [0.2, 0.25) is 0 Å². The van der Waals surface area contributed by atoms with Gasteiger partial charge in [-0.2, -0.15) is 5.26 Å². The van der Waals surface area contributed by atoms with Crippen molar-refractivity contribution in [3.8, 4) is 17.6 Å². The summed E-state index contributed by atoms with van der Waals surface area (Å²) in [4.78, 5) is 28.3. The smallest absolute Gasteiger partial charge is 0.445 e. The largest absolute Gasteiger partial charge is 0.453 e. The summed E-state index contributed by atoms with van der Waals surface area (Å²) in [7, 11) is -4.18. The lowest BCUT2D eigenvalue weighted by Crippen LogP contribution is -2.50. The van der Waals surface area contributed by atoms with Gasteiger partial charge < -0.3 is 19.1 Å². The Morgan fingerprint density at radius 1 is 0.841 bits per heavy atom. The summed E-state index contributed by atoms with van der Waals surface area (Å²) >= 11 is 0. The zero-order valence-electron chi connectivity index (χ0n) is 24.0. The summed E-state index contributed by atoms with van der Waals surface area (Å²) in [5.41, 5.74) is 2.00. The summed E-state index contributed by atoms with van der Waals surface area (Å²) in [6.07, 6.45) is 0.496. The third-order valence-corrected chi connectivity index (χ3v) is 9.16. The lowest BCUT2D eigenvalue weighted by Gasteiger charge is -2.30. The molecule has 0 aliphatic carbocycles. The van der Waals surface area contributed by atoms with Crippen molar-refractivity contribution in [1.29, 1.82) is 5.26 Å². The predicted octanol–water partition coefficient (Wildman–Crippen LogP) is 6.70. The quantitative estimate of drug-likeness (QED) is 0.188. The fourth-order valence-electron chi connectivity index (χ4n) is 4.90. The third kappa shape index (κ3) is 7.85. The number of carbonyl (C=O) groups is 2. The van der Waals surface area contributed by atoms with Crippen molar-refractivity contribution in [2.24, 2.45) is 0 Å². The molecular weight excluding hydrogens is 577 g/mol. The zero-order valence-corrected chi connectivity index (χ0v) is 24.8. The van der Waals surface area contributed by atoms with Gasteiger partial charge in [0.1, 0.15) is 24.1 Å². The van der Waals surface area contributed by atoms with Crippen LogP contribution in [0.4, 0.5) is 4.79 Å². The molecule has 9 nitrogen and oxygen atoms in total. The highest BCUT2D eigenvalue weighted by molar-refractivity contribution is 7.55. The number of ether oxygens (including phenoxy) is 1. The Kier molecular flexibility index (Phi) is 9.96. The molecule has 224 valence electrons. The van der Waals surface area contributed by atoms with Crippen molar-refractivity contribution in [2.45, 2.75) is 37.7 Å². The van der Waals surface area contributed by atoms with E-state index in [1.54, 1.807) is 84.9 Å². The minimum absolute atomic E-state index is 0.0690. The molecular formula is C34H32N3O6P. The van der Waals surface area contributed by atoms with Gasteiger partial charge in [0.15, 0.2) is 5.78 Å². The Hall–Kier alpha value is -5.06. The van der Waals surface area contributed by atoms with Gasteiger partial charge in [-0.3, -0.25) is 9.69 Å². The summed E-state index contributed by atoms with van der Waals surface area (Å²) in [6, 6.07) is 34.5. The Balaban J connectivity index is 1.41. The van der Waals surface area contributed by atoms with Crippen LogP contribution in [0.1, 0.15) is 29.5 Å². The molecule has 0 bridgehead atoms. The predicted molar refractivity (Wildman–Crippen MR) is 165 cm³/mol. The fourth-order valence-corrected chi connectivity index (χ4v) is 6.75. The normalized spacial score (nSPS) is 15.1. The van der Waals surface area contributed by atoms with Crippen LogP contribution in [-0.4, -0.2) is 35.3 Å². The van der Waals surface area contributed by atoms with E-state index in [-0.39, 0.29) is 13.0 Å². The van der Waals surface area contributed by atoms with E-state index in [0.29, 0.717) is 42.0 Å². The molecule has 5 rings (SSSR count). The number of rotatable bonds is 11. The van der Waals surface area contributed by atoms with E-state index in [9.17, 15) is 19.4 Å². The molecule has 10 heteroatoms. The van der Waals surface area contributed by atoms with E-state index in [4.69, 9.17) is 13.8 Å². The molecule has 2 atom stereocenters. The first-order valence-electron chi connectivity index (χ1n) is 14.3. The minimum atomic E-state index is -4.18. The molecule has 2 amide bonds. The van der Waals surface area contributed by atoms with Gasteiger partial charge in [-0.1, -0.05) is 78.9 Å². The topological polar surface area (TPSA) is 118 Å². The van der Waals surface area contributed by atoms with Gasteiger partial charge in [-0.05, 0) is 60.4 Å². The first-order valence-corrected chi connectivity index (χ1v) is 15.9. The van der Waals surface area contributed by atoms with Crippen LogP contribution >= 0.6 is 7.60 Å². The number of para-hydroxylation sites is 2. The second kappa shape index (κ2) is 14.4. The molecule has 1 aliphatic heterocycles. The number of likely N-dealkylation sites (tertiary alicyclic amines) is 1. The highest BCUT2D eigenvalue weighted by Gasteiger charge is 2.44. The van der Waals surface area contributed by atoms with Crippen LogP contribution in [0.15, 0.2) is 115 Å². The molecule has 1 fully saturated rings. The molecule has 1 aliphatic rings. The van der Waals surface area contributed by atoms with E-state index >= 15 is 0 Å². The summed E-state index contributed by atoms with van der Waals surface area (Å²) < 4.78 is 32.4. The van der Waals surface area contributed by atoms with Crippen LogP contribution in [0.3, 0.4) is 0 Å². The van der Waals surface area contributed by atoms with Crippen LogP contribution in [-0.2, 0) is 27.1 Å². The zero-order chi connectivity index (χ0) is 30.8. The summed E-state index contributed by atoms with van der Waals surface area (Å²) in [5, 5.41) is 12.2. The van der Waals surface area contributed by atoms with Crippen LogP contribution in [0.25, 0.3) is 0 Å².